The van der Waals surface area contributed by atoms with E-state index in [1.54, 1.807) is 112 Å². The molecule has 0 aliphatic carbocycles. The van der Waals surface area contributed by atoms with Crippen LogP contribution in [0.1, 0.15) is 70.3 Å². The number of pyridine rings is 8. The monoisotopic (exact) mass is 1280 g/mol. The van der Waals surface area contributed by atoms with E-state index in [9.17, 15) is 29.1 Å². The number of aromatic carboxylic acids is 1. The van der Waals surface area contributed by atoms with Gasteiger partial charge in [0.25, 0.3) is 17.7 Å². The van der Waals surface area contributed by atoms with Crippen molar-refractivity contribution in [2.24, 2.45) is 12.8 Å². The molecule has 4 amide bonds. The number of amides is 4. The van der Waals surface area contributed by atoms with Gasteiger partial charge in [-0.15, -0.1) is 0 Å². The summed E-state index contributed by atoms with van der Waals surface area (Å²) in [5.41, 5.74) is 15.1. The average molecular weight is 1290 g/mol. The smallest absolute Gasteiger partial charge is 0.337 e. The summed E-state index contributed by atoms with van der Waals surface area (Å²) in [5.74, 6) is -2.83. The Morgan fingerprint density at radius 3 is 1.14 bits per heavy atom. The van der Waals surface area contributed by atoms with Crippen molar-refractivity contribution in [3.8, 4) is 67.9 Å². The van der Waals surface area contributed by atoms with E-state index in [-0.39, 0.29) is 46.5 Å². The van der Waals surface area contributed by atoms with Gasteiger partial charge in [0, 0.05) is 91.9 Å². The summed E-state index contributed by atoms with van der Waals surface area (Å²) in [6.07, 6.45) is 19.7. The molecule has 12 aromatic heterocycles. The van der Waals surface area contributed by atoms with Gasteiger partial charge in [0.1, 0.15) is 34.2 Å². The molecule has 0 saturated carbocycles. The number of hydrogen-bond acceptors (Lipinski definition) is 20. The second-order valence-electron chi connectivity index (χ2n) is 21.9. The van der Waals surface area contributed by atoms with E-state index < -0.39 is 23.7 Å². The fourth-order valence-electron chi connectivity index (χ4n) is 9.90. The van der Waals surface area contributed by atoms with E-state index in [1.165, 1.54) is 24.7 Å². The molecule has 29 nitrogen and oxygen atoms in total. The first-order chi connectivity index (χ1) is 46.8. The Bertz CT molecular complexity index is 4610. The van der Waals surface area contributed by atoms with Gasteiger partial charge in [0.05, 0.1) is 126 Å². The van der Waals surface area contributed by atoms with Crippen LogP contribution in [0.2, 0.25) is 0 Å². The van der Waals surface area contributed by atoms with E-state index in [1.807, 2.05) is 84.8 Å². The summed E-state index contributed by atoms with van der Waals surface area (Å²) in [6, 6.07) is 35.3. The number of nitrogens with one attached hydrogen (secondary N) is 3. The lowest BCUT2D eigenvalue weighted by molar-refractivity contribution is -0.0285. The standard InChI is InChI=1S/C23H19N7O3.C23H18N6O4.C21H19N7O2/c24-22(31)15-8-14(9-25-10-15)17-5-3-6-19(27-17)23(32)28-20-11-30(16-12-33-13-16)29-21(20)18-4-1-2-7-26-18;30-22(19-6-3-5-17(26-19)14-8-15(23(31)32)10-24-9-14)27-20-11-29(16-12-33-13-16)28-21(20)18-4-1-2-7-25-18;1-27-10-14(9-23-27)16-6-4-7-18(24-16)21(29)25-19-11-28(15-12-30-13-15)26-20(19)17-5-2-3-8-22-17/h1-11,16H,12-13H2,(H2,24,31)(H,28,32);1-11,16H,12-13H2,(H,27,30)(H,31,32);2-11,15H,12-13H2,1H3,(H,25,29). The van der Waals surface area contributed by atoms with Crippen LogP contribution in [0.4, 0.5) is 17.1 Å². The third-order valence-electron chi connectivity index (χ3n) is 15.2. The number of carbonyl (C=O) groups is 5. The highest BCUT2D eigenvalue weighted by atomic mass is 16.5. The molecule has 0 bridgehead atoms. The van der Waals surface area contributed by atoms with Gasteiger partial charge in [-0.1, -0.05) is 36.4 Å². The number of nitrogens with zero attached hydrogens (tertiary/aromatic N) is 16. The van der Waals surface area contributed by atoms with E-state index in [0.717, 1.165) is 5.56 Å². The average Bonchev–Trinajstić information content (AvgIpc) is 1.66. The van der Waals surface area contributed by atoms with Crippen molar-refractivity contribution in [1.29, 1.82) is 0 Å². The Balaban J connectivity index is 0.000000130. The van der Waals surface area contributed by atoms with Gasteiger partial charge < -0.3 is 41.0 Å². The zero-order valence-corrected chi connectivity index (χ0v) is 50.9. The van der Waals surface area contributed by atoms with Gasteiger partial charge >= 0.3 is 5.97 Å². The van der Waals surface area contributed by atoms with Crippen LogP contribution < -0.4 is 21.7 Å². The van der Waals surface area contributed by atoms with E-state index in [2.05, 4.69) is 76.2 Å². The molecule has 0 spiro atoms. The normalized spacial score (nSPS) is 13.5. The minimum atomic E-state index is -1.09. The van der Waals surface area contributed by atoms with Crippen LogP contribution in [0.15, 0.2) is 196 Å². The van der Waals surface area contributed by atoms with E-state index in [4.69, 9.17) is 19.9 Å². The summed E-state index contributed by atoms with van der Waals surface area (Å²) in [6.45, 7) is 3.46. The summed E-state index contributed by atoms with van der Waals surface area (Å²) in [5, 5.41) is 36.0. The molecule has 3 saturated heterocycles. The zero-order chi connectivity index (χ0) is 66.1. The molecule has 0 unspecified atom stereocenters. The molecular weight excluding hydrogens is 1230 g/mol. The Morgan fingerprint density at radius 2 is 0.812 bits per heavy atom. The molecule has 0 radical (unpaired) electrons. The number of carboxylic acid groups (broad SMARTS) is 1. The first-order valence-corrected chi connectivity index (χ1v) is 29.9. The molecule has 0 atom stereocenters. The maximum Gasteiger partial charge on any atom is 0.337 e. The van der Waals surface area contributed by atoms with Crippen molar-refractivity contribution in [2.75, 3.05) is 55.6 Å². The van der Waals surface area contributed by atoms with Crippen LogP contribution in [-0.2, 0) is 21.3 Å². The highest BCUT2D eigenvalue weighted by Gasteiger charge is 2.29. The number of carbonyl (C=O) groups excluding carboxylic acids is 4. The summed E-state index contributed by atoms with van der Waals surface area (Å²) in [7, 11) is 1.84. The predicted molar refractivity (Wildman–Crippen MR) is 347 cm³/mol. The number of aromatic nitrogens is 16. The number of carboxylic acids is 1. The van der Waals surface area contributed by atoms with Crippen molar-refractivity contribution in [2.45, 2.75) is 18.1 Å². The van der Waals surface area contributed by atoms with Crippen LogP contribution in [0.25, 0.3) is 67.9 Å². The number of nitrogens with two attached hydrogens (primary N) is 1. The maximum atomic E-state index is 13.1. The van der Waals surface area contributed by atoms with Crippen molar-refractivity contribution >= 4 is 46.7 Å². The quantitative estimate of drug-likeness (QED) is 0.0580. The topological polar surface area (TPSA) is 370 Å². The van der Waals surface area contributed by atoms with Gasteiger partial charge in [-0.25, -0.2) is 19.7 Å². The fraction of sp³-hybridized carbons (Fsp3) is 0.149. The lowest BCUT2D eigenvalue weighted by Crippen LogP contribution is -2.30. The lowest BCUT2D eigenvalue weighted by atomic mass is 10.1. The van der Waals surface area contributed by atoms with Crippen LogP contribution in [0.5, 0.6) is 0 Å². The molecule has 15 heterocycles. The molecule has 3 fully saturated rings. The minimum absolute atomic E-state index is 0.0385. The summed E-state index contributed by atoms with van der Waals surface area (Å²) >= 11 is 0. The number of hydrogen-bond donors (Lipinski definition) is 5. The van der Waals surface area contributed by atoms with Gasteiger partial charge in [-0.2, -0.15) is 20.4 Å². The molecule has 29 heteroatoms. The molecule has 6 N–H and O–H groups in total. The molecule has 15 rings (SSSR count). The predicted octanol–water partition coefficient (Wildman–Crippen LogP) is 7.81. The number of aryl methyl sites for hydroxylation is 1. The molecular formula is C67H56N20O9. The fourth-order valence-corrected chi connectivity index (χ4v) is 9.90. The van der Waals surface area contributed by atoms with Crippen LogP contribution in [0, 0.1) is 0 Å². The third-order valence-corrected chi connectivity index (χ3v) is 15.2. The molecule has 0 aromatic carbocycles. The largest absolute Gasteiger partial charge is 0.478 e. The van der Waals surface area contributed by atoms with Crippen molar-refractivity contribution in [1.82, 2.24) is 79.0 Å². The second kappa shape index (κ2) is 28.0. The highest BCUT2D eigenvalue weighted by molar-refractivity contribution is 6.06. The first-order valence-electron chi connectivity index (χ1n) is 29.9. The SMILES string of the molecule is Cn1cc(-c2cccc(C(=O)Nc3cn(C4COC4)nc3-c3ccccn3)n2)cn1.NC(=O)c1cncc(-c2cccc(C(=O)Nc3cn(C4COC4)nc3-c3ccccn3)n2)c1.O=C(O)c1cncc(-c2cccc(C(=O)Nc3cn(C4COC4)nc3-c3ccccn3)n2)c1. The Hall–Kier alpha value is -12.7. The maximum absolute atomic E-state index is 13.1. The summed E-state index contributed by atoms with van der Waals surface area (Å²) in [4.78, 5) is 96.2. The van der Waals surface area contributed by atoms with Gasteiger partial charge in [-0.05, 0) is 84.9 Å². The Kier molecular flexibility index (Phi) is 18.1. The van der Waals surface area contributed by atoms with E-state index in [0.29, 0.717) is 125 Å². The summed E-state index contributed by atoms with van der Waals surface area (Å²) < 4.78 is 22.9. The highest BCUT2D eigenvalue weighted by Crippen LogP contribution is 2.33. The molecule has 12 aromatic rings. The van der Waals surface area contributed by atoms with Gasteiger partial charge in [0.15, 0.2) is 0 Å². The molecule has 96 heavy (non-hydrogen) atoms. The number of anilines is 3. The lowest BCUT2D eigenvalue weighted by Gasteiger charge is -2.25. The van der Waals surface area contributed by atoms with Crippen molar-refractivity contribution < 1.29 is 43.3 Å². The number of ether oxygens (including phenoxy) is 3. The van der Waals surface area contributed by atoms with Gasteiger partial charge in [-0.3, -0.25) is 62.8 Å². The van der Waals surface area contributed by atoms with Crippen molar-refractivity contribution in [3.63, 3.8) is 0 Å². The van der Waals surface area contributed by atoms with E-state index >= 15 is 0 Å². The Labute approximate surface area is 545 Å². The second-order valence-corrected chi connectivity index (χ2v) is 21.9. The van der Waals surface area contributed by atoms with Crippen LogP contribution in [-0.4, -0.2) is 153 Å². The Morgan fingerprint density at radius 1 is 0.448 bits per heavy atom. The van der Waals surface area contributed by atoms with Crippen LogP contribution in [0.3, 0.4) is 0 Å². The molecule has 478 valence electrons. The number of rotatable bonds is 17. The molecule has 3 aliphatic heterocycles. The zero-order valence-electron chi connectivity index (χ0n) is 50.9. The molecule has 3 aliphatic rings. The van der Waals surface area contributed by atoms with Gasteiger partial charge in [0.2, 0.25) is 5.91 Å². The third kappa shape index (κ3) is 14.2. The van der Waals surface area contributed by atoms with Crippen molar-refractivity contribution in [3.05, 3.63) is 224 Å². The minimum Gasteiger partial charge on any atom is -0.478 e. The number of primary amides is 1. The first kappa shape index (κ1) is 62.1. The van der Waals surface area contributed by atoms with Crippen LogP contribution >= 0.6 is 0 Å².